The van der Waals surface area contributed by atoms with Gasteiger partial charge in [-0.1, -0.05) is 28.4 Å². The van der Waals surface area contributed by atoms with Crippen molar-refractivity contribution in [1.29, 1.82) is 0 Å². The topological polar surface area (TPSA) is 26.0 Å². The van der Waals surface area contributed by atoms with E-state index in [9.17, 15) is 0 Å². The predicted molar refractivity (Wildman–Crippen MR) is 74.9 cm³/mol. The van der Waals surface area contributed by atoms with Crippen molar-refractivity contribution >= 4 is 15.9 Å². The maximum absolute atomic E-state index is 6.50. The Morgan fingerprint density at radius 1 is 1.18 bits per heavy atom. The van der Waals surface area contributed by atoms with E-state index in [0.29, 0.717) is 0 Å². The monoisotopic (exact) mass is 293 g/mol. The lowest BCUT2D eigenvalue weighted by molar-refractivity contribution is 0.500. The summed E-state index contributed by atoms with van der Waals surface area (Å²) in [7, 11) is 0. The van der Waals surface area contributed by atoms with Crippen molar-refractivity contribution in [3.63, 3.8) is 0 Å². The van der Waals surface area contributed by atoms with Crippen LogP contribution in [0.5, 0.6) is 0 Å². The molecule has 3 atom stereocenters. The van der Waals surface area contributed by atoms with Crippen molar-refractivity contribution in [2.75, 3.05) is 0 Å². The fourth-order valence-electron chi connectivity index (χ4n) is 3.78. The smallest absolute Gasteiger partial charge is 0.0331 e. The molecule has 2 aliphatic rings. The van der Waals surface area contributed by atoms with E-state index in [-0.39, 0.29) is 6.04 Å². The standard InChI is InChI=1S/C15H20BrN/c1-8-7-13(16)9(2)6-12(8)15(17)14-10-4-3-5-11(10)14/h6-7,10-11,14-15H,3-5,17H2,1-2H3. The van der Waals surface area contributed by atoms with E-state index >= 15 is 0 Å². The molecule has 1 nitrogen and oxygen atoms in total. The number of aryl methyl sites for hydroxylation is 2. The molecule has 0 bridgehead atoms. The minimum absolute atomic E-state index is 0.261. The van der Waals surface area contributed by atoms with Gasteiger partial charge in [-0.2, -0.15) is 0 Å². The van der Waals surface area contributed by atoms with Crippen LogP contribution < -0.4 is 5.73 Å². The molecule has 0 radical (unpaired) electrons. The van der Waals surface area contributed by atoms with E-state index in [0.717, 1.165) is 17.8 Å². The number of nitrogens with two attached hydrogens (primary N) is 1. The molecule has 1 aromatic carbocycles. The summed E-state index contributed by atoms with van der Waals surface area (Å²) in [5, 5.41) is 0. The average Bonchev–Trinajstić information content (AvgIpc) is 2.76. The summed E-state index contributed by atoms with van der Waals surface area (Å²) in [6, 6.07) is 4.75. The van der Waals surface area contributed by atoms with Gasteiger partial charge in [0, 0.05) is 10.5 Å². The van der Waals surface area contributed by atoms with E-state index in [1.807, 2.05) is 0 Å². The van der Waals surface area contributed by atoms with E-state index in [4.69, 9.17) is 5.73 Å². The van der Waals surface area contributed by atoms with E-state index < -0.39 is 0 Å². The minimum atomic E-state index is 0.261. The number of rotatable bonds is 2. The first-order valence-corrected chi connectivity index (χ1v) is 7.41. The third-order valence-electron chi connectivity index (χ3n) is 4.79. The van der Waals surface area contributed by atoms with Gasteiger partial charge < -0.3 is 5.73 Å². The highest BCUT2D eigenvalue weighted by molar-refractivity contribution is 9.10. The number of benzene rings is 1. The van der Waals surface area contributed by atoms with Crippen LogP contribution in [0.15, 0.2) is 16.6 Å². The Morgan fingerprint density at radius 3 is 2.47 bits per heavy atom. The van der Waals surface area contributed by atoms with Gasteiger partial charge in [-0.25, -0.2) is 0 Å². The number of hydrogen-bond donors (Lipinski definition) is 1. The minimum Gasteiger partial charge on any atom is -0.324 e. The molecule has 3 rings (SSSR count). The van der Waals surface area contributed by atoms with Gasteiger partial charge in [0.05, 0.1) is 0 Å². The van der Waals surface area contributed by atoms with Crippen molar-refractivity contribution in [3.05, 3.63) is 33.3 Å². The van der Waals surface area contributed by atoms with Gasteiger partial charge >= 0.3 is 0 Å². The van der Waals surface area contributed by atoms with Gasteiger partial charge in [0.15, 0.2) is 0 Å². The van der Waals surface area contributed by atoms with Crippen LogP contribution in [0.2, 0.25) is 0 Å². The first kappa shape index (κ1) is 11.7. The fourth-order valence-corrected chi connectivity index (χ4v) is 4.24. The van der Waals surface area contributed by atoms with Crippen molar-refractivity contribution in [2.24, 2.45) is 23.5 Å². The molecule has 2 aliphatic carbocycles. The van der Waals surface area contributed by atoms with Crippen molar-refractivity contribution in [1.82, 2.24) is 0 Å². The van der Waals surface area contributed by atoms with Gasteiger partial charge in [-0.15, -0.1) is 0 Å². The zero-order chi connectivity index (χ0) is 12.2. The third-order valence-corrected chi connectivity index (χ3v) is 5.65. The second kappa shape index (κ2) is 4.10. The molecule has 2 fully saturated rings. The Kier molecular flexibility index (Phi) is 2.83. The summed E-state index contributed by atoms with van der Waals surface area (Å²) < 4.78 is 1.20. The molecule has 0 aromatic heterocycles. The molecule has 17 heavy (non-hydrogen) atoms. The van der Waals surface area contributed by atoms with Crippen LogP contribution in [-0.4, -0.2) is 0 Å². The Bertz CT molecular complexity index is 444. The van der Waals surface area contributed by atoms with Crippen LogP contribution in [0, 0.1) is 31.6 Å². The summed E-state index contributed by atoms with van der Waals surface area (Å²) in [4.78, 5) is 0. The molecule has 0 spiro atoms. The second-order valence-electron chi connectivity index (χ2n) is 5.82. The Morgan fingerprint density at radius 2 is 1.82 bits per heavy atom. The maximum Gasteiger partial charge on any atom is 0.0331 e. The largest absolute Gasteiger partial charge is 0.324 e. The van der Waals surface area contributed by atoms with Gasteiger partial charge in [0.1, 0.15) is 0 Å². The van der Waals surface area contributed by atoms with Crippen LogP contribution >= 0.6 is 15.9 Å². The molecule has 0 amide bonds. The number of fused-ring (bicyclic) bond motifs is 1. The lowest BCUT2D eigenvalue weighted by atomic mass is 9.93. The molecule has 0 saturated heterocycles. The van der Waals surface area contributed by atoms with E-state index in [1.54, 1.807) is 0 Å². The SMILES string of the molecule is Cc1cc(C(N)C2C3CCCC32)c(C)cc1Br. The zero-order valence-electron chi connectivity index (χ0n) is 10.5. The first-order chi connectivity index (χ1) is 8.09. The summed E-state index contributed by atoms with van der Waals surface area (Å²) in [6.07, 6.45) is 4.26. The summed E-state index contributed by atoms with van der Waals surface area (Å²) in [6.45, 7) is 4.32. The van der Waals surface area contributed by atoms with Crippen molar-refractivity contribution in [2.45, 2.75) is 39.2 Å². The summed E-state index contributed by atoms with van der Waals surface area (Å²) >= 11 is 3.59. The quantitative estimate of drug-likeness (QED) is 0.872. The number of halogens is 1. The molecule has 0 heterocycles. The Labute approximate surface area is 112 Å². The van der Waals surface area contributed by atoms with Gasteiger partial charge in [-0.3, -0.25) is 0 Å². The van der Waals surface area contributed by atoms with Crippen LogP contribution in [-0.2, 0) is 0 Å². The van der Waals surface area contributed by atoms with Crippen LogP contribution in [0.25, 0.3) is 0 Å². The van der Waals surface area contributed by atoms with E-state index in [1.165, 1.54) is 40.4 Å². The molecule has 2 heteroatoms. The molecule has 1 aromatic rings. The fraction of sp³-hybridized carbons (Fsp3) is 0.600. The predicted octanol–water partition coefficient (Wildman–Crippen LogP) is 4.11. The molecule has 3 unspecified atom stereocenters. The van der Waals surface area contributed by atoms with Gasteiger partial charge in [0.2, 0.25) is 0 Å². The zero-order valence-corrected chi connectivity index (χ0v) is 12.1. The second-order valence-corrected chi connectivity index (χ2v) is 6.67. The molecule has 2 saturated carbocycles. The van der Waals surface area contributed by atoms with Crippen LogP contribution in [0.4, 0.5) is 0 Å². The van der Waals surface area contributed by atoms with Crippen molar-refractivity contribution in [3.8, 4) is 0 Å². The maximum atomic E-state index is 6.50. The lowest BCUT2D eigenvalue weighted by Gasteiger charge is -2.18. The Hall–Kier alpha value is -0.340. The average molecular weight is 294 g/mol. The lowest BCUT2D eigenvalue weighted by Crippen LogP contribution is -2.17. The third kappa shape index (κ3) is 1.86. The van der Waals surface area contributed by atoms with Crippen LogP contribution in [0.3, 0.4) is 0 Å². The first-order valence-electron chi connectivity index (χ1n) is 6.62. The molecular weight excluding hydrogens is 274 g/mol. The number of hydrogen-bond acceptors (Lipinski definition) is 1. The summed E-state index contributed by atoms with van der Waals surface area (Å²) in [5.74, 6) is 2.64. The normalized spacial score (nSPS) is 32.4. The van der Waals surface area contributed by atoms with Crippen LogP contribution in [0.1, 0.15) is 42.0 Å². The molecule has 2 N–H and O–H groups in total. The summed E-state index contributed by atoms with van der Waals surface area (Å²) in [5.41, 5.74) is 10.5. The van der Waals surface area contributed by atoms with Gasteiger partial charge in [0.25, 0.3) is 0 Å². The van der Waals surface area contributed by atoms with E-state index in [2.05, 4.69) is 41.9 Å². The molecular formula is C15H20BrN. The van der Waals surface area contributed by atoms with Gasteiger partial charge in [-0.05, 0) is 67.2 Å². The van der Waals surface area contributed by atoms with Crippen molar-refractivity contribution < 1.29 is 0 Å². The Balaban J connectivity index is 1.87. The molecule has 0 aliphatic heterocycles. The highest BCUT2D eigenvalue weighted by Gasteiger charge is 2.55. The molecule has 92 valence electrons. The highest BCUT2D eigenvalue weighted by atomic mass is 79.9. The highest BCUT2D eigenvalue weighted by Crippen LogP contribution is 2.61.